The lowest BCUT2D eigenvalue weighted by atomic mass is 10.1. The molecule has 0 atom stereocenters. The van der Waals surface area contributed by atoms with Crippen molar-refractivity contribution in [2.45, 2.75) is 20.3 Å². The van der Waals surface area contributed by atoms with Crippen molar-refractivity contribution in [3.63, 3.8) is 0 Å². The second-order valence-corrected chi connectivity index (χ2v) is 6.19. The normalized spacial score (nSPS) is 10.0. The summed E-state index contributed by atoms with van der Waals surface area (Å²) < 4.78 is 4.66. The number of methoxy groups -OCH3 is 1. The lowest BCUT2D eigenvalue weighted by Crippen LogP contribution is -2.44. The Morgan fingerprint density at radius 3 is 2.52 bits per heavy atom. The third kappa shape index (κ3) is 4.36. The molecule has 1 aromatic heterocycles. The first-order valence-corrected chi connectivity index (χ1v) is 8.47. The van der Waals surface area contributed by atoms with Crippen molar-refractivity contribution in [3.05, 3.63) is 51.2 Å². The molecule has 7 nitrogen and oxygen atoms in total. The fourth-order valence-electron chi connectivity index (χ4n) is 2.32. The Labute approximate surface area is 149 Å². The van der Waals surface area contributed by atoms with Gasteiger partial charge >= 0.3 is 12.0 Å². The smallest absolute Gasteiger partial charge is 0.339 e. The highest BCUT2D eigenvalue weighted by Gasteiger charge is 2.16. The first kappa shape index (κ1) is 18.5. The van der Waals surface area contributed by atoms with Gasteiger partial charge in [0, 0.05) is 10.3 Å². The fourth-order valence-corrected chi connectivity index (χ4v) is 3.26. The zero-order chi connectivity index (χ0) is 18.4. The molecule has 132 valence electrons. The predicted octanol–water partition coefficient (Wildman–Crippen LogP) is 2.87. The minimum atomic E-state index is -0.672. The van der Waals surface area contributed by atoms with Crippen LogP contribution in [0.25, 0.3) is 0 Å². The number of urea groups is 1. The molecule has 0 saturated carbocycles. The summed E-state index contributed by atoms with van der Waals surface area (Å²) in [5.41, 5.74) is 6.63. The van der Waals surface area contributed by atoms with Crippen molar-refractivity contribution in [1.82, 2.24) is 10.9 Å². The first-order chi connectivity index (χ1) is 12.0. The highest BCUT2D eigenvalue weighted by Crippen LogP contribution is 2.22. The van der Waals surface area contributed by atoms with Gasteiger partial charge in [0.25, 0.3) is 5.91 Å². The molecule has 2 rings (SSSR count). The molecule has 0 unspecified atom stereocenters. The quantitative estimate of drug-likeness (QED) is 0.576. The van der Waals surface area contributed by atoms with E-state index in [4.69, 9.17) is 0 Å². The lowest BCUT2D eigenvalue weighted by molar-refractivity contribution is 0.0601. The van der Waals surface area contributed by atoms with E-state index < -0.39 is 17.9 Å². The van der Waals surface area contributed by atoms with Crippen molar-refractivity contribution in [3.8, 4) is 0 Å². The van der Waals surface area contributed by atoms with Gasteiger partial charge in [-0.3, -0.25) is 10.2 Å². The Kier molecular flexibility index (Phi) is 6.13. The topological polar surface area (TPSA) is 96.5 Å². The monoisotopic (exact) mass is 361 g/mol. The molecule has 0 spiro atoms. The Hall–Kier alpha value is -2.87. The van der Waals surface area contributed by atoms with Crippen molar-refractivity contribution < 1.29 is 19.1 Å². The van der Waals surface area contributed by atoms with E-state index in [0.717, 1.165) is 16.9 Å². The van der Waals surface area contributed by atoms with E-state index >= 15 is 0 Å². The van der Waals surface area contributed by atoms with Gasteiger partial charge in [0.15, 0.2) is 0 Å². The van der Waals surface area contributed by atoms with E-state index in [1.165, 1.54) is 24.5 Å². The van der Waals surface area contributed by atoms with E-state index in [9.17, 15) is 14.4 Å². The summed E-state index contributed by atoms with van der Waals surface area (Å²) >= 11 is 1.49. The first-order valence-electron chi connectivity index (χ1n) is 7.59. The molecule has 2 aromatic rings. The van der Waals surface area contributed by atoms with Gasteiger partial charge in [-0.1, -0.05) is 19.1 Å². The van der Waals surface area contributed by atoms with E-state index in [0.29, 0.717) is 5.56 Å². The Morgan fingerprint density at radius 2 is 1.84 bits per heavy atom. The van der Waals surface area contributed by atoms with Crippen molar-refractivity contribution in [2.75, 3.05) is 12.4 Å². The van der Waals surface area contributed by atoms with Crippen LogP contribution in [0.3, 0.4) is 0 Å². The third-order valence-corrected chi connectivity index (χ3v) is 4.53. The maximum absolute atomic E-state index is 12.2. The summed E-state index contributed by atoms with van der Waals surface area (Å²) in [6.45, 7) is 3.92. The summed E-state index contributed by atoms with van der Waals surface area (Å²) in [6, 6.07) is 5.74. The van der Waals surface area contributed by atoms with Crippen LogP contribution in [0.5, 0.6) is 0 Å². The van der Waals surface area contributed by atoms with Gasteiger partial charge in [-0.25, -0.2) is 15.0 Å². The number of amides is 3. The number of nitrogens with one attached hydrogen (secondary N) is 3. The molecule has 0 bridgehead atoms. The molecule has 3 N–H and O–H groups in total. The highest BCUT2D eigenvalue weighted by atomic mass is 32.1. The minimum absolute atomic E-state index is 0.216. The van der Waals surface area contributed by atoms with Crippen molar-refractivity contribution in [2.24, 2.45) is 0 Å². The molecule has 0 aliphatic carbocycles. The second-order valence-electron chi connectivity index (χ2n) is 5.11. The maximum atomic E-state index is 12.2. The van der Waals surface area contributed by atoms with Crippen LogP contribution >= 0.6 is 11.3 Å². The second kappa shape index (κ2) is 8.29. The number of rotatable bonds is 4. The zero-order valence-electron chi connectivity index (χ0n) is 14.1. The number of thiophene rings is 1. The van der Waals surface area contributed by atoms with E-state index in [1.807, 2.05) is 13.8 Å². The highest BCUT2D eigenvalue weighted by molar-refractivity contribution is 7.10. The van der Waals surface area contributed by atoms with Crippen LogP contribution in [0.1, 0.15) is 38.1 Å². The molecule has 25 heavy (non-hydrogen) atoms. The van der Waals surface area contributed by atoms with Gasteiger partial charge in [-0.2, -0.15) is 0 Å². The molecule has 0 aliphatic heterocycles. The van der Waals surface area contributed by atoms with Crippen LogP contribution in [-0.4, -0.2) is 25.0 Å². The molecule has 0 radical (unpaired) electrons. The lowest BCUT2D eigenvalue weighted by Gasteiger charge is -2.11. The number of para-hydroxylation sites is 1. The third-order valence-electron chi connectivity index (χ3n) is 3.57. The number of carbonyl (C=O) groups excluding carboxylic acids is 3. The molecule has 3 amide bonds. The average Bonchev–Trinajstić information content (AvgIpc) is 3.00. The number of esters is 1. The maximum Gasteiger partial charge on any atom is 0.339 e. The van der Waals surface area contributed by atoms with Gasteiger partial charge < -0.3 is 10.1 Å². The number of carbonyl (C=O) groups is 3. The molecule has 0 aliphatic rings. The minimum Gasteiger partial charge on any atom is -0.465 e. The van der Waals surface area contributed by atoms with E-state index in [1.54, 1.807) is 23.6 Å². The van der Waals surface area contributed by atoms with Crippen LogP contribution in [0.2, 0.25) is 0 Å². The molecule has 1 heterocycles. The number of anilines is 1. The molecule has 8 heteroatoms. The number of hydrazine groups is 1. The van der Waals surface area contributed by atoms with Gasteiger partial charge in [0.1, 0.15) is 0 Å². The van der Waals surface area contributed by atoms with Crippen LogP contribution in [0.4, 0.5) is 10.5 Å². The largest absolute Gasteiger partial charge is 0.465 e. The number of benzene rings is 1. The van der Waals surface area contributed by atoms with Gasteiger partial charge in [0.2, 0.25) is 0 Å². The number of hydrogen-bond acceptors (Lipinski definition) is 5. The summed E-state index contributed by atoms with van der Waals surface area (Å²) in [7, 11) is 1.26. The van der Waals surface area contributed by atoms with E-state index in [-0.39, 0.29) is 11.3 Å². The average molecular weight is 361 g/mol. The molecule has 1 aromatic carbocycles. The summed E-state index contributed by atoms with van der Waals surface area (Å²) in [4.78, 5) is 36.9. The summed E-state index contributed by atoms with van der Waals surface area (Å²) in [5, 5.41) is 4.26. The number of aryl methyl sites for hydroxylation is 1. The Bertz CT molecular complexity index is 801. The summed E-state index contributed by atoms with van der Waals surface area (Å²) in [5.74, 6) is -0.959. The Balaban J connectivity index is 2.00. The van der Waals surface area contributed by atoms with Crippen LogP contribution in [-0.2, 0) is 11.2 Å². The molecule has 0 saturated heterocycles. The number of hydrogen-bond donors (Lipinski definition) is 3. The van der Waals surface area contributed by atoms with Crippen molar-refractivity contribution >= 4 is 34.9 Å². The van der Waals surface area contributed by atoms with Crippen LogP contribution in [0, 0.1) is 6.92 Å². The van der Waals surface area contributed by atoms with Crippen molar-refractivity contribution in [1.29, 1.82) is 0 Å². The van der Waals surface area contributed by atoms with Crippen LogP contribution in [0.15, 0.2) is 29.6 Å². The number of ether oxygens (including phenoxy) is 1. The van der Waals surface area contributed by atoms with Gasteiger partial charge in [-0.05, 0) is 31.0 Å². The predicted molar refractivity (Wildman–Crippen MR) is 95.8 cm³/mol. The van der Waals surface area contributed by atoms with Gasteiger partial charge in [-0.15, -0.1) is 11.3 Å². The van der Waals surface area contributed by atoms with Gasteiger partial charge in [0.05, 0.1) is 23.9 Å². The SMILES string of the molecule is CCc1c(C(=O)NNC(=O)Nc2ccccc2C(=O)OC)csc1C. The van der Waals surface area contributed by atoms with E-state index in [2.05, 4.69) is 20.9 Å². The molecular formula is C17H19N3O4S. The molecular weight excluding hydrogens is 342 g/mol. The zero-order valence-corrected chi connectivity index (χ0v) is 15.0. The fraction of sp³-hybridized carbons (Fsp3) is 0.235. The summed E-state index contributed by atoms with van der Waals surface area (Å²) in [6.07, 6.45) is 0.733. The Morgan fingerprint density at radius 1 is 1.12 bits per heavy atom. The van der Waals surface area contributed by atoms with Crippen LogP contribution < -0.4 is 16.2 Å². The molecule has 0 fully saturated rings. The standard InChI is InChI=1S/C17H19N3O4S/c1-4-11-10(2)25-9-13(11)15(21)19-20-17(23)18-14-8-6-5-7-12(14)16(22)24-3/h5-9H,4H2,1-3H3,(H,19,21)(H2,18,20,23).